The van der Waals surface area contributed by atoms with Crippen molar-refractivity contribution in [3.63, 3.8) is 0 Å². The maximum atomic E-state index is 14.0. The highest BCUT2D eigenvalue weighted by Crippen LogP contribution is 2.59. The van der Waals surface area contributed by atoms with E-state index >= 15 is 0 Å². The molecule has 0 saturated heterocycles. The highest BCUT2D eigenvalue weighted by molar-refractivity contribution is 7.30. The number of hydrogen-bond donors (Lipinski definition) is 0. The Balaban J connectivity index is 2.06. The highest BCUT2D eigenvalue weighted by atomic mass is 32.1. The van der Waals surface area contributed by atoms with E-state index in [1.54, 1.807) is 0 Å². The van der Waals surface area contributed by atoms with E-state index < -0.39 is 31.4 Å². The third kappa shape index (κ3) is 2.79. The van der Waals surface area contributed by atoms with Gasteiger partial charge in [0.2, 0.25) is 0 Å². The first-order valence-electron chi connectivity index (χ1n) is 7.77. The second kappa shape index (κ2) is 5.72. The summed E-state index contributed by atoms with van der Waals surface area (Å²) < 4.78 is 83.2. The van der Waals surface area contributed by atoms with E-state index in [0.717, 1.165) is 16.2 Å². The Kier molecular flexibility index (Phi) is 4.33. The second-order valence-corrected chi connectivity index (χ2v) is 15.1. The summed E-state index contributed by atoms with van der Waals surface area (Å²) in [5.41, 5.74) is -1.54. The van der Waals surface area contributed by atoms with Crippen LogP contribution in [-0.4, -0.2) is 25.8 Å². The van der Waals surface area contributed by atoms with E-state index in [1.807, 2.05) is 12.1 Å². The summed E-state index contributed by atoms with van der Waals surface area (Å²) in [5.74, 6) is -15.2. The molecule has 142 valence electrons. The van der Waals surface area contributed by atoms with Crippen molar-refractivity contribution < 1.29 is 26.3 Å². The van der Waals surface area contributed by atoms with Crippen LogP contribution in [0.2, 0.25) is 19.6 Å². The number of hydrogen-bond acceptors (Lipinski definition) is 2. The van der Waals surface area contributed by atoms with Crippen molar-refractivity contribution in [3.8, 4) is 9.75 Å². The molecule has 0 aliphatic heterocycles. The molecule has 0 nitrogen and oxygen atoms in total. The summed E-state index contributed by atoms with van der Waals surface area (Å²) in [4.78, 5) is 1.74. The molecule has 1 aliphatic rings. The minimum absolute atomic E-state index is 0.241. The predicted molar refractivity (Wildman–Crippen MR) is 98.2 cm³/mol. The Bertz CT molecular complexity index is 885. The summed E-state index contributed by atoms with van der Waals surface area (Å²) in [6.45, 7) is 7.98. The standard InChI is InChI=1S/C17H16F6S2Si/c1-9-10(11-8-15(18,19)17(22,23)16(11,20)21)7-13(24-9)12-5-6-14(25-12)26(2,3)4/h5-8H,1-4H3. The van der Waals surface area contributed by atoms with Crippen molar-refractivity contribution in [1.29, 1.82) is 0 Å². The summed E-state index contributed by atoms with van der Waals surface area (Å²) in [7, 11) is -1.55. The van der Waals surface area contributed by atoms with Crippen LogP contribution in [0.15, 0.2) is 24.3 Å². The molecule has 0 bridgehead atoms. The number of allylic oxidation sites excluding steroid dienone is 2. The number of thiophene rings is 2. The fourth-order valence-electron chi connectivity index (χ4n) is 2.73. The molecule has 0 N–H and O–H groups in total. The molecule has 2 aromatic rings. The lowest BCUT2D eigenvalue weighted by atomic mass is 10.0. The zero-order chi connectivity index (χ0) is 19.7. The molecule has 0 fully saturated rings. The van der Waals surface area contributed by atoms with Crippen LogP contribution < -0.4 is 4.50 Å². The fourth-order valence-corrected chi connectivity index (χ4v) is 6.74. The Morgan fingerprint density at radius 2 is 1.50 bits per heavy atom. The maximum absolute atomic E-state index is 14.0. The van der Waals surface area contributed by atoms with Crippen molar-refractivity contribution >= 4 is 40.8 Å². The van der Waals surface area contributed by atoms with E-state index in [4.69, 9.17) is 0 Å². The zero-order valence-corrected chi connectivity index (χ0v) is 17.0. The number of aryl methyl sites for hydroxylation is 1. The first kappa shape index (κ1) is 19.7. The van der Waals surface area contributed by atoms with Crippen molar-refractivity contribution in [2.24, 2.45) is 0 Å². The number of halogens is 6. The smallest absolute Gasteiger partial charge is 0.195 e. The third-order valence-corrected chi connectivity index (χ3v) is 10.2. The Morgan fingerprint density at radius 3 is 1.96 bits per heavy atom. The predicted octanol–water partition coefficient (Wildman–Crippen LogP) is 6.63. The van der Waals surface area contributed by atoms with Gasteiger partial charge >= 0.3 is 17.8 Å². The van der Waals surface area contributed by atoms with Crippen molar-refractivity contribution in [1.82, 2.24) is 0 Å². The van der Waals surface area contributed by atoms with E-state index in [0.29, 0.717) is 9.75 Å². The monoisotopic (exact) mass is 426 g/mol. The lowest BCUT2D eigenvalue weighted by molar-refractivity contribution is -0.257. The number of alkyl halides is 6. The molecule has 0 aromatic carbocycles. The maximum Gasteiger partial charge on any atom is 0.380 e. The minimum Gasteiger partial charge on any atom is -0.195 e. The van der Waals surface area contributed by atoms with E-state index in [-0.39, 0.29) is 11.6 Å². The van der Waals surface area contributed by atoms with Gasteiger partial charge in [0.15, 0.2) is 0 Å². The molecule has 2 heterocycles. The van der Waals surface area contributed by atoms with Gasteiger partial charge in [-0.1, -0.05) is 25.7 Å². The van der Waals surface area contributed by atoms with Crippen molar-refractivity contribution in [2.45, 2.75) is 44.3 Å². The third-order valence-electron chi connectivity index (χ3n) is 4.27. The second-order valence-electron chi connectivity index (χ2n) is 7.32. The van der Waals surface area contributed by atoms with Crippen LogP contribution in [0, 0.1) is 6.92 Å². The molecular formula is C17H16F6S2Si. The molecule has 0 atom stereocenters. The van der Waals surface area contributed by atoms with Gasteiger partial charge in [0, 0.05) is 26.3 Å². The Hall–Kier alpha value is -1.06. The van der Waals surface area contributed by atoms with Gasteiger partial charge in [0.05, 0.1) is 8.07 Å². The van der Waals surface area contributed by atoms with Gasteiger partial charge in [0.25, 0.3) is 0 Å². The van der Waals surface area contributed by atoms with Crippen LogP contribution >= 0.6 is 22.7 Å². The molecule has 0 saturated carbocycles. The lowest BCUT2D eigenvalue weighted by Crippen LogP contribution is -2.48. The van der Waals surface area contributed by atoms with Crippen LogP contribution in [0.4, 0.5) is 26.3 Å². The summed E-state index contributed by atoms with van der Waals surface area (Å²) in [6.07, 6.45) is -0.284. The van der Waals surface area contributed by atoms with Crippen LogP contribution in [0.3, 0.4) is 0 Å². The summed E-state index contributed by atoms with van der Waals surface area (Å²) >= 11 is 2.67. The van der Waals surface area contributed by atoms with Crippen LogP contribution in [0.25, 0.3) is 15.3 Å². The molecular weight excluding hydrogens is 410 g/mol. The quantitative estimate of drug-likeness (QED) is 0.382. The van der Waals surface area contributed by atoms with Crippen molar-refractivity contribution in [2.75, 3.05) is 0 Å². The molecule has 3 rings (SSSR count). The van der Waals surface area contributed by atoms with Crippen LogP contribution in [0.1, 0.15) is 10.4 Å². The van der Waals surface area contributed by atoms with Gasteiger partial charge in [-0.2, -0.15) is 26.3 Å². The van der Waals surface area contributed by atoms with E-state index in [1.165, 1.54) is 28.8 Å². The normalized spacial score (nSPS) is 21.1. The molecule has 9 heteroatoms. The molecule has 0 radical (unpaired) electrons. The average molecular weight is 427 g/mol. The Labute approximate surface area is 156 Å². The SMILES string of the molecule is Cc1sc(-c2ccc([Si](C)(C)C)s2)cc1C1=CC(F)(F)C(F)(F)C1(F)F. The van der Waals surface area contributed by atoms with Gasteiger partial charge in [-0.05, 0) is 29.1 Å². The Morgan fingerprint density at radius 1 is 0.885 bits per heavy atom. The molecule has 0 unspecified atom stereocenters. The topological polar surface area (TPSA) is 0 Å². The largest absolute Gasteiger partial charge is 0.380 e. The molecule has 26 heavy (non-hydrogen) atoms. The van der Waals surface area contributed by atoms with Gasteiger partial charge in [-0.15, -0.1) is 22.7 Å². The molecule has 0 spiro atoms. The average Bonchev–Trinajstić information content (AvgIpc) is 3.12. The molecule has 1 aliphatic carbocycles. The zero-order valence-electron chi connectivity index (χ0n) is 14.4. The van der Waals surface area contributed by atoms with Crippen LogP contribution in [0.5, 0.6) is 0 Å². The molecule has 2 aromatic heterocycles. The van der Waals surface area contributed by atoms with E-state index in [2.05, 4.69) is 19.6 Å². The van der Waals surface area contributed by atoms with Gasteiger partial charge in [0.1, 0.15) is 0 Å². The summed E-state index contributed by atoms with van der Waals surface area (Å²) in [6, 6.07) is 5.15. The summed E-state index contributed by atoms with van der Waals surface area (Å²) in [5, 5.41) is 0. The fraction of sp³-hybridized carbons (Fsp3) is 0.412. The van der Waals surface area contributed by atoms with Gasteiger partial charge in [-0.25, -0.2) is 0 Å². The lowest BCUT2D eigenvalue weighted by Gasteiger charge is -2.25. The van der Waals surface area contributed by atoms with Gasteiger partial charge < -0.3 is 0 Å². The van der Waals surface area contributed by atoms with Crippen LogP contribution in [-0.2, 0) is 0 Å². The number of rotatable bonds is 3. The first-order chi connectivity index (χ1) is 11.7. The first-order valence-corrected chi connectivity index (χ1v) is 12.9. The van der Waals surface area contributed by atoms with Gasteiger partial charge in [-0.3, -0.25) is 0 Å². The minimum atomic E-state index is -5.43. The highest BCUT2D eigenvalue weighted by Gasteiger charge is 2.76. The van der Waals surface area contributed by atoms with E-state index in [9.17, 15) is 26.3 Å². The van der Waals surface area contributed by atoms with Crippen molar-refractivity contribution in [3.05, 3.63) is 34.7 Å². The molecule has 0 amide bonds.